The van der Waals surface area contributed by atoms with Crippen molar-refractivity contribution in [3.8, 4) is 0 Å². The van der Waals surface area contributed by atoms with Crippen LogP contribution in [0.1, 0.15) is 131 Å². The summed E-state index contributed by atoms with van der Waals surface area (Å²) in [6.07, 6.45) is 14.9. The summed E-state index contributed by atoms with van der Waals surface area (Å²) in [6, 6.07) is 0. The third-order valence-electron chi connectivity index (χ3n) is 5.98. The summed E-state index contributed by atoms with van der Waals surface area (Å²) in [5, 5.41) is 41.5. The first-order valence-electron chi connectivity index (χ1n) is 15.2. The molecule has 0 saturated carbocycles. The Kier molecular flexibility index (Phi) is 33.1. The Hall–Kier alpha value is -1.84. The molecule has 0 amide bonds. The molecule has 0 aromatic heterocycles. The van der Waals surface area contributed by atoms with Gasteiger partial charge in [-0.25, -0.2) is 0 Å². The van der Waals surface area contributed by atoms with Crippen molar-refractivity contribution in [2.24, 2.45) is 11.8 Å². The normalized spacial score (nSPS) is 11.2. The number of rotatable bonds is 22. The average Bonchev–Trinajstić information content (AvgIpc) is 2.86. The van der Waals surface area contributed by atoms with Gasteiger partial charge in [0.2, 0.25) is 0 Å². The fourth-order valence-electron chi connectivity index (χ4n) is 3.57. The summed E-state index contributed by atoms with van der Waals surface area (Å²) in [5.41, 5.74) is -0.380. The summed E-state index contributed by atoms with van der Waals surface area (Å²) >= 11 is 0.149. The molecule has 0 unspecified atom stereocenters. The molecule has 0 aliphatic heterocycles. The molecule has 0 aliphatic carbocycles. The molecule has 0 fully saturated rings. The molecule has 0 rings (SSSR count). The Labute approximate surface area is 259 Å². The van der Waals surface area contributed by atoms with Gasteiger partial charge >= 0.3 is 69.5 Å². The number of hydrogen-bond donors (Lipinski definition) is 0. The van der Waals surface area contributed by atoms with E-state index >= 15 is 0 Å². The standard InChI is InChI=1S/2C12H20O4.2C4H9.Sn/c2*1-9(2)6-4-3-5-7-10(12(15)16)8-11(13)14;2*1-3-4-2;/h2*8-9H,3-7H2,1-2H3,(H,13,14)(H,15,16);2*1,3-4H2,2H3;/q;;;;+2/p-4/b2*10-8-;;;. The molecule has 0 bridgehead atoms. The van der Waals surface area contributed by atoms with E-state index in [1.54, 1.807) is 8.87 Å². The third-order valence-corrected chi connectivity index (χ3v) is 10.0. The maximum atomic E-state index is 10.5. The molecule has 8 nitrogen and oxygen atoms in total. The molecule has 0 radical (unpaired) electrons. The van der Waals surface area contributed by atoms with Crippen molar-refractivity contribution in [2.75, 3.05) is 0 Å². The molecule has 0 saturated heterocycles. The predicted octanol–water partition coefficient (Wildman–Crippen LogP) is 3.17. The summed E-state index contributed by atoms with van der Waals surface area (Å²) in [4.78, 5) is 41.5. The third kappa shape index (κ3) is 38.2. The van der Waals surface area contributed by atoms with Gasteiger partial charge in [-0.15, -0.1) is 0 Å². The van der Waals surface area contributed by atoms with E-state index < -0.39 is 23.9 Å². The van der Waals surface area contributed by atoms with Gasteiger partial charge in [-0.2, -0.15) is 0 Å². The molecule has 0 atom stereocenters. The zero-order valence-corrected chi connectivity index (χ0v) is 29.2. The van der Waals surface area contributed by atoms with Crippen LogP contribution in [0, 0.1) is 11.8 Å². The van der Waals surface area contributed by atoms with E-state index in [-0.39, 0.29) is 45.1 Å². The number of carbonyl (C=O) groups is 4. The van der Waals surface area contributed by atoms with Gasteiger partial charge in [0.1, 0.15) is 0 Å². The van der Waals surface area contributed by atoms with Crippen molar-refractivity contribution >= 4 is 45.0 Å². The number of carbonyl (C=O) groups excluding carboxylic acids is 4. The van der Waals surface area contributed by atoms with Crippen LogP contribution in [0.2, 0.25) is 8.87 Å². The monoisotopic (exact) mass is 686 g/mol. The predicted molar refractivity (Wildman–Crippen MR) is 157 cm³/mol. The maximum absolute atomic E-state index is 10.5. The second-order valence-corrected chi connectivity index (χ2v) is 15.3. The van der Waals surface area contributed by atoms with Crippen molar-refractivity contribution in [3.63, 3.8) is 0 Å². The molecular formula is C32H54O8Sn-2. The molecule has 0 spiro atoms. The Morgan fingerprint density at radius 2 is 0.902 bits per heavy atom. The Balaban J connectivity index is -0.000000551. The zero-order valence-electron chi connectivity index (χ0n) is 26.4. The fourth-order valence-corrected chi connectivity index (χ4v) is 7.73. The molecule has 0 heterocycles. The van der Waals surface area contributed by atoms with Gasteiger partial charge in [0.15, 0.2) is 0 Å². The quantitative estimate of drug-likeness (QED) is 0.0955. The van der Waals surface area contributed by atoms with E-state index in [0.717, 1.165) is 38.5 Å². The average molecular weight is 685 g/mol. The van der Waals surface area contributed by atoms with Gasteiger partial charge in [0, 0.05) is 0 Å². The van der Waals surface area contributed by atoms with Crippen LogP contribution in [0.3, 0.4) is 0 Å². The van der Waals surface area contributed by atoms with Crippen LogP contribution in [0.15, 0.2) is 23.3 Å². The van der Waals surface area contributed by atoms with Crippen LogP contribution in [-0.4, -0.2) is 45.0 Å². The summed E-state index contributed by atoms with van der Waals surface area (Å²) < 4.78 is 3.25. The molecule has 236 valence electrons. The molecular weight excluding hydrogens is 631 g/mol. The van der Waals surface area contributed by atoms with Gasteiger partial charge < -0.3 is 39.6 Å². The number of carboxylic acid groups (broad SMARTS) is 4. The Morgan fingerprint density at radius 1 is 0.561 bits per heavy atom. The van der Waals surface area contributed by atoms with Crippen LogP contribution in [0.4, 0.5) is 0 Å². The zero-order chi connectivity index (χ0) is 32.1. The summed E-state index contributed by atoms with van der Waals surface area (Å²) in [6.45, 7) is 13.1. The summed E-state index contributed by atoms with van der Waals surface area (Å²) in [7, 11) is 0. The van der Waals surface area contributed by atoms with Crippen molar-refractivity contribution in [2.45, 2.75) is 140 Å². The van der Waals surface area contributed by atoms with Gasteiger partial charge in [0.25, 0.3) is 0 Å². The summed E-state index contributed by atoms with van der Waals surface area (Å²) in [5.74, 6) is -4.54. The van der Waals surface area contributed by atoms with E-state index in [1.165, 1.54) is 25.7 Å². The molecule has 0 N–H and O–H groups in total. The van der Waals surface area contributed by atoms with E-state index in [2.05, 4.69) is 41.5 Å². The number of unbranched alkanes of at least 4 members (excludes halogenated alkanes) is 6. The van der Waals surface area contributed by atoms with E-state index in [9.17, 15) is 39.6 Å². The SMILES string of the molecule is CC(C)CCCCC/C(=C/C(=O)[O-])C(=O)[O-].CC(C)CCCCC/C(=C/C(=O)[O-])C(=O)[O-].CCC[CH2][Sn+2][CH2]CCC. The molecule has 0 aromatic rings. The van der Waals surface area contributed by atoms with Crippen LogP contribution in [0.5, 0.6) is 0 Å². The number of carboxylic acids is 4. The van der Waals surface area contributed by atoms with Gasteiger partial charge in [-0.05, 0) is 60.8 Å². The van der Waals surface area contributed by atoms with Gasteiger partial charge in [-0.3, -0.25) is 0 Å². The van der Waals surface area contributed by atoms with Gasteiger partial charge in [-0.1, -0.05) is 66.2 Å². The van der Waals surface area contributed by atoms with Crippen molar-refractivity contribution in [1.29, 1.82) is 0 Å². The second kappa shape index (κ2) is 31.1. The van der Waals surface area contributed by atoms with E-state index in [4.69, 9.17) is 0 Å². The van der Waals surface area contributed by atoms with Gasteiger partial charge in [0.05, 0.1) is 23.9 Å². The topological polar surface area (TPSA) is 161 Å². The molecule has 0 aromatic carbocycles. The Bertz CT molecular complexity index is 695. The van der Waals surface area contributed by atoms with Crippen molar-refractivity contribution in [1.82, 2.24) is 0 Å². The van der Waals surface area contributed by atoms with Crippen LogP contribution < -0.4 is 20.4 Å². The molecule has 41 heavy (non-hydrogen) atoms. The number of hydrogen-bond acceptors (Lipinski definition) is 8. The van der Waals surface area contributed by atoms with Crippen molar-refractivity contribution < 1.29 is 39.6 Å². The molecule has 0 aliphatic rings. The Morgan fingerprint density at radius 3 is 1.15 bits per heavy atom. The fraction of sp³-hybridized carbons (Fsp3) is 0.750. The number of aliphatic carboxylic acids is 4. The first-order chi connectivity index (χ1) is 19.3. The van der Waals surface area contributed by atoms with Crippen LogP contribution in [-0.2, 0) is 19.2 Å². The van der Waals surface area contributed by atoms with E-state index in [0.29, 0.717) is 36.8 Å². The van der Waals surface area contributed by atoms with E-state index in [1.807, 2.05) is 0 Å². The first kappa shape index (κ1) is 43.6. The molecule has 9 heteroatoms. The van der Waals surface area contributed by atoms with Crippen molar-refractivity contribution in [3.05, 3.63) is 23.3 Å². The minimum absolute atomic E-state index is 0.149. The van der Waals surface area contributed by atoms with Crippen LogP contribution in [0.25, 0.3) is 0 Å². The van der Waals surface area contributed by atoms with Crippen LogP contribution >= 0.6 is 0 Å². The second-order valence-electron chi connectivity index (χ2n) is 11.0. The minimum atomic E-state index is -1.48. The first-order valence-corrected chi connectivity index (χ1v) is 19.3.